The van der Waals surface area contributed by atoms with E-state index < -0.39 is 5.54 Å². The van der Waals surface area contributed by atoms with Gasteiger partial charge in [-0.3, -0.25) is 9.69 Å². The fraction of sp³-hybridized carbons (Fsp3) is 0.643. The van der Waals surface area contributed by atoms with Gasteiger partial charge in [-0.2, -0.15) is 0 Å². The maximum atomic E-state index is 12.3. The maximum absolute atomic E-state index is 12.3. The van der Waals surface area contributed by atoms with E-state index in [2.05, 4.69) is 21.9 Å². The normalized spacial score (nSPS) is 19.5. The Morgan fingerprint density at radius 2 is 2.05 bits per heavy atom. The van der Waals surface area contributed by atoms with Gasteiger partial charge in [0.05, 0.1) is 6.54 Å². The lowest BCUT2D eigenvalue weighted by molar-refractivity contribution is -0.131. The third kappa shape index (κ3) is 3.27. The fourth-order valence-electron chi connectivity index (χ4n) is 2.83. The molecule has 2 aliphatic rings. The molecule has 3 N–H and O–H groups in total. The van der Waals surface area contributed by atoms with Crippen molar-refractivity contribution in [1.29, 1.82) is 0 Å². The molecule has 7 heteroatoms. The van der Waals surface area contributed by atoms with Crippen LogP contribution in [0, 0.1) is 12.3 Å². The van der Waals surface area contributed by atoms with Crippen molar-refractivity contribution in [2.45, 2.75) is 37.6 Å². The van der Waals surface area contributed by atoms with Gasteiger partial charge in [0.15, 0.2) is 0 Å². The van der Waals surface area contributed by atoms with Crippen molar-refractivity contribution in [2.75, 3.05) is 19.6 Å². The van der Waals surface area contributed by atoms with Gasteiger partial charge >= 0.3 is 12.1 Å². The molecule has 0 aromatic heterocycles. The van der Waals surface area contributed by atoms with Crippen LogP contribution in [0.4, 0.5) is 9.59 Å². The minimum absolute atomic E-state index is 0.123. The van der Waals surface area contributed by atoms with E-state index in [9.17, 15) is 14.4 Å². The molecule has 0 aromatic carbocycles. The molecular weight excluding hydrogens is 272 g/mol. The minimum atomic E-state index is -0.658. The molecular formula is C14H20N4O3. The lowest BCUT2D eigenvalue weighted by Crippen LogP contribution is -2.44. The first kappa shape index (κ1) is 15.2. The van der Waals surface area contributed by atoms with Crippen molar-refractivity contribution in [1.82, 2.24) is 20.9 Å². The zero-order chi connectivity index (χ0) is 15.3. The van der Waals surface area contributed by atoms with Crippen LogP contribution in [0.25, 0.3) is 0 Å². The number of urea groups is 2. The number of terminal acetylenes is 1. The van der Waals surface area contributed by atoms with Crippen molar-refractivity contribution >= 4 is 18.0 Å². The van der Waals surface area contributed by atoms with Gasteiger partial charge in [0, 0.05) is 13.1 Å². The Morgan fingerprint density at radius 3 is 2.71 bits per heavy atom. The molecule has 1 saturated carbocycles. The van der Waals surface area contributed by atoms with Crippen molar-refractivity contribution in [2.24, 2.45) is 0 Å². The summed E-state index contributed by atoms with van der Waals surface area (Å²) in [6, 6.07) is -0.670. The monoisotopic (exact) mass is 292 g/mol. The van der Waals surface area contributed by atoms with Crippen LogP contribution in [0.15, 0.2) is 0 Å². The Labute approximate surface area is 123 Å². The topological polar surface area (TPSA) is 90.5 Å². The van der Waals surface area contributed by atoms with Crippen LogP contribution in [-0.2, 0) is 4.79 Å². The molecule has 0 atom stereocenters. The molecule has 2 rings (SSSR count). The van der Waals surface area contributed by atoms with Gasteiger partial charge in [0.2, 0.25) is 0 Å². The molecule has 1 spiro atoms. The van der Waals surface area contributed by atoms with Crippen molar-refractivity contribution in [3.05, 3.63) is 0 Å². The van der Waals surface area contributed by atoms with E-state index in [1.54, 1.807) is 0 Å². The Balaban J connectivity index is 1.74. The van der Waals surface area contributed by atoms with Crippen LogP contribution in [0.2, 0.25) is 0 Å². The van der Waals surface area contributed by atoms with Crippen LogP contribution in [0.3, 0.4) is 0 Å². The molecule has 2 fully saturated rings. The zero-order valence-corrected chi connectivity index (χ0v) is 11.9. The van der Waals surface area contributed by atoms with Crippen molar-refractivity contribution < 1.29 is 14.4 Å². The summed E-state index contributed by atoms with van der Waals surface area (Å²) >= 11 is 0. The zero-order valence-electron chi connectivity index (χ0n) is 11.9. The fourth-order valence-corrected chi connectivity index (χ4v) is 2.83. The molecule has 7 nitrogen and oxygen atoms in total. The van der Waals surface area contributed by atoms with E-state index >= 15 is 0 Å². The number of nitrogens with one attached hydrogen (secondary N) is 3. The maximum Gasteiger partial charge on any atom is 0.325 e. The first-order valence-electron chi connectivity index (χ1n) is 7.18. The van der Waals surface area contributed by atoms with Crippen LogP contribution < -0.4 is 16.0 Å². The summed E-state index contributed by atoms with van der Waals surface area (Å²) < 4.78 is 0. The summed E-state index contributed by atoms with van der Waals surface area (Å²) in [5.41, 5.74) is -0.658. The average Bonchev–Trinajstić information content (AvgIpc) is 3.01. The smallest absolute Gasteiger partial charge is 0.325 e. The number of nitrogens with zero attached hydrogens (tertiary/aromatic N) is 1. The van der Waals surface area contributed by atoms with Crippen LogP contribution in [0.5, 0.6) is 0 Å². The summed E-state index contributed by atoms with van der Waals surface area (Å²) in [4.78, 5) is 36.7. The van der Waals surface area contributed by atoms with Crippen molar-refractivity contribution in [3.8, 4) is 12.3 Å². The molecule has 21 heavy (non-hydrogen) atoms. The third-order valence-corrected chi connectivity index (χ3v) is 3.90. The number of rotatable bonds is 5. The summed E-state index contributed by atoms with van der Waals surface area (Å²) in [5.74, 6) is 2.17. The summed E-state index contributed by atoms with van der Waals surface area (Å²) in [5, 5.41) is 7.91. The third-order valence-electron chi connectivity index (χ3n) is 3.90. The first-order valence-corrected chi connectivity index (χ1v) is 7.18. The molecule has 0 radical (unpaired) electrons. The summed E-state index contributed by atoms with van der Waals surface area (Å²) in [6.45, 7) is 0.851. The molecule has 0 aromatic rings. The molecule has 1 saturated heterocycles. The van der Waals surface area contributed by atoms with Crippen LogP contribution in [0.1, 0.15) is 32.1 Å². The van der Waals surface area contributed by atoms with Gasteiger partial charge in [-0.15, -0.1) is 6.42 Å². The van der Waals surface area contributed by atoms with Gasteiger partial charge in [0.25, 0.3) is 5.91 Å². The van der Waals surface area contributed by atoms with Gasteiger partial charge in [0.1, 0.15) is 5.54 Å². The Bertz CT molecular complexity index is 477. The number of carbonyl (C=O) groups is 3. The molecule has 114 valence electrons. The number of amides is 5. The standard InChI is InChI=1S/C14H20N4O3/c1-2-8-15-12(20)16-9-5-10-18-11(19)14(17-13(18)21)6-3-4-7-14/h1H,3-10H2,(H,17,21)(H2,15,16,20). The Kier molecular flexibility index (Phi) is 4.68. The number of hydrogen-bond donors (Lipinski definition) is 3. The molecule has 0 bridgehead atoms. The van der Waals surface area contributed by atoms with E-state index in [1.807, 2.05) is 0 Å². The highest BCUT2D eigenvalue weighted by Gasteiger charge is 2.51. The minimum Gasteiger partial charge on any atom is -0.338 e. The highest BCUT2D eigenvalue weighted by Crippen LogP contribution is 2.34. The number of hydrogen-bond acceptors (Lipinski definition) is 3. The van der Waals surface area contributed by atoms with E-state index in [0.717, 1.165) is 25.7 Å². The molecule has 1 aliphatic heterocycles. The van der Waals surface area contributed by atoms with E-state index in [-0.39, 0.29) is 24.5 Å². The quantitative estimate of drug-likeness (QED) is 0.383. The average molecular weight is 292 g/mol. The second kappa shape index (κ2) is 6.48. The van der Waals surface area contributed by atoms with E-state index in [0.29, 0.717) is 19.5 Å². The molecule has 1 aliphatic carbocycles. The lowest BCUT2D eigenvalue weighted by atomic mass is 9.98. The highest BCUT2D eigenvalue weighted by atomic mass is 16.2. The lowest BCUT2D eigenvalue weighted by Gasteiger charge is -2.20. The van der Waals surface area contributed by atoms with Crippen LogP contribution >= 0.6 is 0 Å². The predicted octanol–water partition coefficient (Wildman–Crippen LogP) is 0.174. The van der Waals surface area contributed by atoms with Crippen LogP contribution in [-0.4, -0.2) is 48.0 Å². The number of imide groups is 1. The largest absolute Gasteiger partial charge is 0.338 e. The molecule has 0 unspecified atom stereocenters. The van der Waals surface area contributed by atoms with Gasteiger partial charge in [-0.05, 0) is 19.3 Å². The SMILES string of the molecule is C#CCNC(=O)NCCCN1C(=O)NC2(CCCC2)C1=O. The molecule has 5 amide bonds. The van der Waals surface area contributed by atoms with Gasteiger partial charge < -0.3 is 16.0 Å². The second-order valence-electron chi connectivity index (χ2n) is 5.34. The van der Waals surface area contributed by atoms with Crippen molar-refractivity contribution in [3.63, 3.8) is 0 Å². The van der Waals surface area contributed by atoms with Gasteiger partial charge in [-0.1, -0.05) is 18.8 Å². The van der Waals surface area contributed by atoms with E-state index in [1.165, 1.54) is 4.90 Å². The second-order valence-corrected chi connectivity index (χ2v) is 5.34. The first-order chi connectivity index (χ1) is 10.1. The Hall–Kier alpha value is -2.23. The highest BCUT2D eigenvalue weighted by molar-refractivity contribution is 6.07. The molecule has 1 heterocycles. The van der Waals surface area contributed by atoms with Gasteiger partial charge in [-0.25, -0.2) is 9.59 Å². The summed E-state index contributed by atoms with van der Waals surface area (Å²) in [6.07, 6.45) is 8.92. The predicted molar refractivity (Wildman–Crippen MR) is 76.3 cm³/mol. The summed E-state index contributed by atoms with van der Waals surface area (Å²) in [7, 11) is 0. The Morgan fingerprint density at radius 1 is 1.33 bits per heavy atom. The van der Waals surface area contributed by atoms with E-state index in [4.69, 9.17) is 6.42 Å². The number of carbonyl (C=O) groups excluding carboxylic acids is 3.